The Morgan fingerprint density at radius 1 is 0.968 bits per heavy atom. The van der Waals surface area contributed by atoms with Crippen LogP contribution in [0.3, 0.4) is 0 Å². The first kappa shape index (κ1) is 23.2. The standard InChI is InChI=1S/C25H36N4O2/c1-5-27(18-23(30)26-25(2,3)4)19-24(31)29-15-13-28(14-16-29)17-21-11-8-10-20-9-6-7-12-22(20)21/h6-12H,5,13-19H2,1-4H3,(H,26,30). The van der Waals surface area contributed by atoms with Gasteiger partial charge in [0.25, 0.3) is 0 Å². The van der Waals surface area contributed by atoms with Crippen molar-refractivity contribution in [1.82, 2.24) is 20.0 Å². The van der Waals surface area contributed by atoms with Gasteiger partial charge in [-0.3, -0.25) is 19.4 Å². The summed E-state index contributed by atoms with van der Waals surface area (Å²) in [5, 5.41) is 5.54. The highest BCUT2D eigenvalue weighted by Crippen LogP contribution is 2.20. The van der Waals surface area contributed by atoms with E-state index in [1.54, 1.807) is 0 Å². The Hall–Kier alpha value is -2.44. The summed E-state index contributed by atoms with van der Waals surface area (Å²) in [6.07, 6.45) is 0. The number of rotatable bonds is 7. The number of carbonyl (C=O) groups excluding carboxylic acids is 2. The van der Waals surface area contributed by atoms with E-state index >= 15 is 0 Å². The lowest BCUT2D eigenvalue weighted by Gasteiger charge is -2.36. The Labute approximate surface area is 186 Å². The molecule has 0 aromatic heterocycles. The molecule has 31 heavy (non-hydrogen) atoms. The highest BCUT2D eigenvalue weighted by Gasteiger charge is 2.24. The Morgan fingerprint density at radius 2 is 1.65 bits per heavy atom. The third kappa shape index (κ3) is 6.77. The van der Waals surface area contributed by atoms with Crippen molar-refractivity contribution in [2.75, 3.05) is 45.8 Å². The van der Waals surface area contributed by atoms with Gasteiger partial charge in [-0.25, -0.2) is 0 Å². The maximum atomic E-state index is 12.8. The van der Waals surface area contributed by atoms with Gasteiger partial charge in [-0.15, -0.1) is 0 Å². The van der Waals surface area contributed by atoms with Crippen LogP contribution in [0.5, 0.6) is 0 Å². The molecule has 0 bridgehead atoms. The molecular weight excluding hydrogens is 388 g/mol. The molecule has 2 aromatic carbocycles. The predicted molar refractivity (Wildman–Crippen MR) is 126 cm³/mol. The van der Waals surface area contributed by atoms with Crippen LogP contribution in [-0.4, -0.2) is 77.9 Å². The molecular formula is C25H36N4O2. The van der Waals surface area contributed by atoms with E-state index in [0.717, 1.165) is 32.7 Å². The van der Waals surface area contributed by atoms with E-state index in [-0.39, 0.29) is 30.4 Å². The van der Waals surface area contributed by atoms with E-state index < -0.39 is 0 Å². The first-order chi connectivity index (χ1) is 14.7. The average Bonchev–Trinajstić information content (AvgIpc) is 2.72. The van der Waals surface area contributed by atoms with Crippen molar-refractivity contribution in [3.8, 4) is 0 Å². The fourth-order valence-electron chi connectivity index (χ4n) is 4.06. The summed E-state index contributed by atoms with van der Waals surface area (Å²) in [5.74, 6) is 0.0669. The molecule has 3 rings (SSSR count). The van der Waals surface area contributed by atoms with Crippen LogP contribution in [0.4, 0.5) is 0 Å². The molecule has 0 aliphatic carbocycles. The molecule has 1 fully saturated rings. The molecule has 0 atom stereocenters. The summed E-state index contributed by atoms with van der Waals surface area (Å²) in [4.78, 5) is 31.3. The molecule has 2 amide bonds. The van der Waals surface area contributed by atoms with Crippen LogP contribution in [0.15, 0.2) is 42.5 Å². The van der Waals surface area contributed by atoms with Crippen molar-refractivity contribution in [2.45, 2.75) is 39.8 Å². The maximum absolute atomic E-state index is 12.8. The number of nitrogens with zero attached hydrogens (tertiary/aromatic N) is 3. The molecule has 1 heterocycles. The zero-order valence-electron chi connectivity index (χ0n) is 19.4. The van der Waals surface area contributed by atoms with Gasteiger partial charge in [-0.2, -0.15) is 0 Å². The molecule has 1 aliphatic rings. The summed E-state index contributed by atoms with van der Waals surface area (Å²) in [5.41, 5.74) is 1.07. The SMILES string of the molecule is CCN(CC(=O)NC(C)(C)C)CC(=O)N1CCN(Cc2cccc3ccccc23)CC1. The first-order valence-electron chi connectivity index (χ1n) is 11.3. The second-order valence-corrected chi connectivity index (χ2v) is 9.40. The van der Waals surface area contributed by atoms with Crippen LogP contribution in [0.25, 0.3) is 10.8 Å². The van der Waals surface area contributed by atoms with Gasteiger partial charge in [-0.1, -0.05) is 49.4 Å². The van der Waals surface area contributed by atoms with Crippen LogP contribution in [-0.2, 0) is 16.1 Å². The normalized spacial score (nSPS) is 15.5. The van der Waals surface area contributed by atoms with Crippen LogP contribution in [0.1, 0.15) is 33.3 Å². The third-order valence-corrected chi connectivity index (χ3v) is 5.69. The number of hydrogen-bond donors (Lipinski definition) is 1. The zero-order chi connectivity index (χ0) is 22.4. The Morgan fingerprint density at radius 3 is 2.32 bits per heavy atom. The summed E-state index contributed by atoms with van der Waals surface area (Å²) in [6.45, 7) is 13.2. The third-order valence-electron chi connectivity index (χ3n) is 5.69. The van der Waals surface area contributed by atoms with Crippen LogP contribution < -0.4 is 5.32 Å². The van der Waals surface area contributed by atoms with E-state index in [1.165, 1.54) is 16.3 Å². The van der Waals surface area contributed by atoms with Gasteiger partial charge in [0.15, 0.2) is 0 Å². The van der Waals surface area contributed by atoms with Crippen molar-refractivity contribution >= 4 is 22.6 Å². The minimum atomic E-state index is -0.263. The number of likely N-dealkylation sites (N-methyl/N-ethyl adjacent to an activating group) is 1. The van der Waals surface area contributed by atoms with Crippen molar-refractivity contribution < 1.29 is 9.59 Å². The number of carbonyl (C=O) groups is 2. The first-order valence-corrected chi connectivity index (χ1v) is 11.3. The minimum Gasteiger partial charge on any atom is -0.350 e. The summed E-state index contributed by atoms with van der Waals surface area (Å²) in [6, 6.07) is 15.0. The molecule has 1 saturated heterocycles. The Balaban J connectivity index is 1.49. The lowest BCUT2D eigenvalue weighted by atomic mass is 10.0. The average molecular weight is 425 g/mol. The fourth-order valence-corrected chi connectivity index (χ4v) is 4.06. The summed E-state index contributed by atoms with van der Waals surface area (Å²) < 4.78 is 0. The molecule has 1 N–H and O–H groups in total. The molecule has 1 aliphatic heterocycles. The monoisotopic (exact) mass is 424 g/mol. The topological polar surface area (TPSA) is 55.9 Å². The summed E-state index contributed by atoms with van der Waals surface area (Å²) in [7, 11) is 0. The van der Waals surface area contributed by atoms with Gasteiger partial charge < -0.3 is 10.2 Å². The minimum absolute atomic E-state index is 0.0398. The second kappa shape index (κ2) is 10.2. The molecule has 0 unspecified atom stereocenters. The number of amides is 2. The highest BCUT2D eigenvalue weighted by atomic mass is 16.2. The van der Waals surface area contributed by atoms with E-state index in [2.05, 4.69) is 52.7 Å². The summed E-state index contributed by atoms with van der Waals surface area (Å²) >= 11 is 0. The van der Waals surface area contributed by atoms with Crippen molar-refractivity contribution in [2.24, 2.45) is 0 Å². The number of piperazine rings is 1. The quantitative estimate of drug-likeness (QED) is 0.743. The molecule has 0 saturated carbocycles. The van der Waals surface area contributed by atoms with Gasteiger partial charge in [0.05, 0.1) is 13.1 Å². The molecule has 0 radical (unpaired) electrons. The van der Waals surface area contributed by atoms with Crippen molar-refractivity contribution in [3.63, 3.8) is 0 Å². The van der Waals surface area contributed by atoms with Crippen molar-refractivity contribution in [3.05, 3.63) is 48.0 Å². The molecule has 6 nitrogen and oxygen atoms in total. The highest BCUT2D eigenvalue weighted by molar-refractivity contribution is 5.85. The molecule has 6 heteroatoms. The van der Waals surface area contributed by atoms with E-state index in [4.69, 9.17) is 0 Å². The fraction of sp³-hybridized carbons (Fsp3) is 0.520. The second-order valence-electron chi connectivity index (χ2n) is 9.40. The number of fused-ring (bicyclic) bond motifs is 1. The lowest BCUT2D eigenvalue weighted by Crippen LogP contribution is -2.52. The zero-order valence-corrected chi connectivity index (χ0v) is 19.4. The van der Waals surface area contributed by atoms with Gasteiger partial charge >= 0.3 is 0 Å². The number of nitrogens with one attached hydrogen (secondary N) is 1. The maximum Gasteiger partial charge on any atom is 0.236 e. The smallest absolute Gasteiger partial charge is 0.236 e. The molecule has 2 aromatic rings. The van der Waals surface area contributed by atoms with E-state index in [9.17, 15) is 9.59 Å². The predicted octanol–water partition coefficient (Wildman–Crippen LogP) is 2.72. The van der Waals surface area contributed by atoms with Gasteiger partial charge in [-0.05, 0) is 43.7 Å². The number of benzene rings is 2. The van der Waals surface area contributed by atoms with E-state index in [1.807, 2.05) is 37.5 Å². The van der Waals surface area contributed by atoms with E-state index in [0.29, 0.717) is 6.54 Å². The Kier molecular flexibility index (Phi) is 7.68. The Bertz CT molecular complexity index is 893. The largest absolute Gasteiger partial charge is 0.350 e. The van der Waals surface area contributed by atoms with Gasteiger partial charge in [0, 0.05) is 38.3 Å². The van der Waals surface area contributed by atoms with Crippen LogP contribution >= 0.6 is 0 Å². The number of hydrogen-bond acceptors (Lipinski definition) is 4. The lowest BCUT2D eigenvalue weighted by molar-refractivity contribution is -0.134. The van der Waals surface area contributed by atoms with Crippen LogP contribution in [0.2, 0.25) is 0 Å². The molecule has 168 valence electrons. The van der Waals surface area contributed by atoms with Gasteiger partial charge in [0.2, 0.25) is 11.8 Å². The van der Waals surface area contributed by atoms with Crippen LogP contribution in [0, 0.1) is 0 Å². The van der Waals surface area contributed by atoms with Crippen molar-refractivity contribution in [1.29, 1.82) is 0 Å². The van der Waals surface area contributed by atoms with Gasteiger partial charge in [0.1, 0.15) is 0 Å². The molecule has 0 spiro atoms.